The summed E-state index contributed by atoms with van der Waals surface area (Å²) in [6.07, 6.45) is 10.5. The van der Waals surface area contributed by atoms with Gasteiger partial charge < -0.3 is 19.9 Å². The predicted octanol–water partition coefficient (Wildman–Crippen LogP) is 2.75. The van der Waals surface area contributed by atoms with Crippen LogP contribution in [0.15, 0.2) is 0 Å². The van der Waals surface area contributed by atoms with Crippen molar-refractivity contribution in [2.45, 2.75) is 51.4 Å². The molecule has 1 rings (SSSR count). The lowest BCUT2D eigenvalue weighted by atomic mass is 9.74. The number of ether oxygens (including phenoxy) is 3. The van der Waals surface area contributed by atoms with Crippen LogP contribution in [0.5, 0.6) is 0 Å². The van der Waals surface area contributed by atoms with Crippen LogP contribution in [0.2, 0.25) is 0 Å². The predicted molar refractivity (Wildman–Crippen MR) is 81.9 cm³/mol. The Kier molecular flexibility index (Phi) is 10.3. The van der Waals surface area contributed by atoms with Crippen molar-refractivity contribution in [2.24, 2.45) is 11.1 Å². The molecule has 4 heteroatoms. The molecule has 0 aromatic heterocycles. The number of rotatable bonds is 10. The van der Waals surface area contributed by atoms with Crippen molar-refractivity contribution in [1.29, 1.82) is 0 Å². The molecule has 0 aliphatic heterocycles. The van der Waals surface area contributed by atoms with Crippen molar-refractivity contribution >= 4 is 0 Å². The molecule has 0 heterocycles. The minimum atomic E-state index is 0.331. The summed E-state index contributed by atoms with van der Waals surface area (Å²) in [5, 5.41) is 0. The van der Waals surface area contributed by atoms with Gasteiger partial charge in [0.2, 0.25) is 0 Å². The third-order valence-corrected chi connectivity index (χ3v) is 4.43. The van der Waals surface area contributed by atoms with Crippen LogP contribution >= 0.6 is 0 Å². The van der Waals surface area contributed by atoms with Gasteiger partial charge in [-0.2, -0.15) is 0 Å². The third kappa shape index (κ3) is 7.58. The first-order valence-electron chi connectivity index (χ1n) is 8.17. The second-order valence-corrected chi connectivity index (χ2v) is 5.94. The molecular formula is C16H33NO3. The van der Waals surface area contributed by atoms with E-state index in [9.17, 15) is 0 Å². The van der Waals surface area contributed by atoms with E-state index >= 15 is 0 Å². The van der Waals surface area contributed by atoms with E-state index in [1.165, 1.54) is 44.9 Å². The van der Waals surface area contributed by atoms with Crippen LogP contribution in [0, 0.1) is 5.41 Å². The number of hydrogen-bond acceptors (Lipinski definition) is 4. The first-order valence-corrected chi connectivity index (χ1v) is 8.17. The highest BCUT2D eigenvalue weighted by Gasteiger charge is 2.28. The van der Waals surface area contributed by atoms with E-state index in [1.54, 1.807) is 7.11 Å². The highest BCUT2D eigenvalue weighted by atomic mass is 16.5. The lowest BCUT2D eigenvalue weighted by molar-refractivity contribution is 0.0146. The van der Waals surface area contributed by atoms with E-state index in [-0.39, 0.29) is 0 Å². The van der Waals surface area contributed by atoms with E-state index < -0.39 is 0 Å². The zero-order valence-corrected chi connectivity index (χ0v) is 13.2. The smallest absolute Gasteiger partial charge is 0.0701 e. The molecule has 0 atom stereocenters. The van der Waals surface area contributed by atoms with Crippen LogP contribution in [0.3, 0.4) is 0 Å². The normalized spacial score (nSPS) is 19.5. The van der Waals surface area contributed by atoms with Crippen molar-refractivity contribution in [3.8, 4) is 0 Å². The fourth-order valence-electron chi connectivity index (χ4n) is 2.96. The van der Waals surface area contributed by atoms with Crippen LogP contribution in [-0.2, 0) is 14.2 Å². The molecule has 1 aliphatic rings. The Morgan fingerprint density at radius 1 is 0.800 bits per heavy atom. The van der Waals surface area contributed by atoms with Crippen LogP contribution in [-0.4, -0.2) is 46.7 Å². The fourth-order valence-corrected chi connectivity index (χ4v) is 2.96. The molecule has 2 N–H and O–H groups in total. The molecule has 0 bridgehead atoms. The van der Waals surface area contributed by atoms with Crippen LogP contribution < -0.4 is 5.73 Å². The van der Waals surface area contributed by atoms with Gasteiger partial charge in [-0.25, -0.2) is 0 Å². The number of hydrogen-bond donors (Lipinski definition) is 1. The zero-order chi connectivity index (χ0) is 14.5. The van der Waals surface area contributed by atoms with Gasteiger partial charge in [-0.05, 0) is 31.2 Å². The standard InChI is InChI=1S/C16H33NO3/c1-18-11-12-20-14-13-19-10-9-16(15-17)7-5-3-2-4-6-8-16/h2-15,17H2,1H3. The Balaban J connectivity index is 2.10. The van der Waals surface area contributed by atoms with E-state index in [2.05, 4.69) is 0 Å². The van der Waals surface area contributed by atoms with Gasteiger partial charge in [0.1, 0.15) is 0 Å². The maximum Gasteiger partial charge on any atom is 0.0701 e. The SMILES string of the molecule is COCCOCCOCCC1(CN)CCCCCCC1. The van der Waals surface area contributed by atoms with E-state index in [1.807, 2.05) is 0 Å². The van der Waals surface area contributed by atoms with Crippen LogP contribution in [0.4, 0.5) is 0 Å². The lowest BCUT2D eigenvalue weighted by Crippen LogP contribution is -2.33. The van der Waals surface area contributed by atoms with Gasteiger partial charge in [-0.15, -0.1) is 0 Å². The summed E-state index contributed by atoms with van der Waals surface area (Å²) < 4.78 is 16.0. The van der Waals surface area contributed by atoms with Gasteiger partial charge in [-0.1, -0.05) is 32.1 Å². The molecule has 1 fully saturated rings. The first-order chi connectivity index (χ1) is 9.83. The van der Waals surface area contributed by atoms with E-state index in [4.69, 9.17) is 19.9 Å². The third-order valence-electron chi connectivity index (χ3n) is 4.43. The van der Waals surface area contributed by atoms with Crippen molar-refractivity contribution in [2.75, 3.05) is 46.7 Å². The molecule has 1 aliphatic carbocycles. The van der Waals surface area contributed by atoms with Gasteiger partial charge in [0.05, 0.1) is 26.4 Å². The van der Waals surface area contributed by atoms with Crippen molar-refractivity contribution in [3.05, 3.63) is 0 Å². The molecule has 4 nitrogen and oxygen atoms in total. The summed E-state index contributed by atoms with van der Waals surface area (Å²) in [6, 6.07) is 0. The molecule has 0 amide bonds. The quantitative estimate of drug-likeness (QED) is 0.628. The molecule has 120 valence electrons. The van der Waals surface area contributed by atoms with Crippen molar-refractivity contribution in [1.82, 2.24) is 0 Å². The van der Waals surface area contributed by atoms with E-state index in [0.29, 0.717) is 31.8 Å². The Labute approximate surface area is 124 Å². The minimum Gasteiger partial charge on any atom is -0.382 e. The van der Waals surface area contributed by atoms with Gasteiger partial charge in [0.15, 0.2) is 0 Å². The number of nitrogens with two attached hydrogens (primary N) is 1. The Bertz CT molecular complexity index is 216. The summed E-state index contributed by atoms with van der Waals surface area (Å²) >= 11 is 0. The maximum atomic E-state index is 6.06. The lowest BCUT2D eigenvalue weighted by Gasteiger charge is -2.34. The second-order valence-electron chi connectivity index (χ2n) is 5.94. The summed E-state index contributed by atoms with van der Waals surface area (Å²) in [5.74, 6) is 0. The monoisotopic (exact) mass is 287 g/mol. The molecular weight excluding hydrogens is 254 g/mol. The number of methoxy groups -OCH3 is 1. The van der Waals surface area contributed by atoms with E-state index in [0.717, 1.165) is 19.6 Å². The average molecular weight is 287 g/mol. The largest absolute Gasteiger partial charge is 0.382 e. The van der Waals surface area contributed by atoms with Crippen molar-refractivity contribution in [3.63, 3.8) is 0 Å². The minimum absolute atomic E-state index is 0.331. The van der Waals surface area contributed by atoms with Crippen molar-refractivity contribution < 1.29 is 14.2 Å². The van der Waals surface area contributed by atoms with Crippen LogP contribution in [0.1, 0.15) is 51.4 Å². The summed E-state index contributed by atoms with van der Waals surface area (Å²) in [4.78, 5) is 0. The topological polar surface area (TPSA) is 53.7 Å². The Morgan fingerprint density at radius 3 is 1.95 bits per heavy atom. The van der Waals surface area contributed by atoms with Crippen LogP contribution in [0.25, 0.3) is 0 Å². The maximum absolute atomic E-state index is 6.06. The summed E-state index contributed by atoms with van der Waals surface area (Å²) in [7, 11) is 1.68. The Hall–Kier alpha value is -0.160. The second kappa shape index (κ2) is 11.5. The zero-order valence-electron chi connectivity index (χ0n) is 13.2. The molecule has 0 aromatic carbocycles. The molecule has 0 saturated heterocycles. The fraction of sp³-hybridized carbons (Fsp3) is 1.00. The van der Waals surface area contributed by atoms with Gasteiger partial charge in [0.25, 0.3) is 0 Å². The molecule has 0 unspecified atom stereocenters. The first kappa shape index (κ1) is 17.9. The molecule has 1 saturated carbocycles. The molecule has 20 heavy (non-hydrogen) atoms. The average Bonchev–Trinajstić information content (AvgIpc) is 2.44. The highest BCUT2D eigenvalue weighted by molar-refractivity contribution is 4.81. The highest BCUT2D eigenvalue weighted by Crippen LogP contribution is 2.36. The Morgan fingerprint density at radius 2 is 1.35 bits per heavy atom. The molecule has 0 radical (unpaired) electrons. The molecule has 0 aromatic rings. The van der Waals surface area contributed by atoms with Gasteiger partial charge >= 0.3 is 0 Å². The summed E-state index contributed by atoms with van der Waals surface area (Å²) in [6.45, 7) is 4.23. The van der Waals surface area contributed by atoms with Gasteiger partial charge in [-0.3, -0.25) is 0 Å². The molecule has 0 spiro atoms. The summed E-state index contributed by atoms with van der Waals surface area (Å²) in [5.41, 5.74) is 6.39. The van der Waals surface area contributed by atoms with Gasteiger partial charge in [0, 0.05) is 13.7 Å².